The van der Waals surface area contributed by atoms with Gasteiger partial charge in [0.15, 0.2) is 10.9 Å². The fraction of sp³-hybridized carbons (Fsp3) is 0.706. The van der Waals surface area contributed by atoms with Crippen molar-refractivity contribution in [2.24, 2.45) is 5.41 Å². The van der Waals surface area contributed by atoms with Crippen LogP contribution >= 0.6 is 11.3 Å². The van der Waals surface area contributed by atoms with Crippen LogP contribution in [-0.2, 0) is 11.2 Å². The molecular weight excluding hydrogens is 340 g/mol. The third kappa shape index (κ3) is 4.63. The molecule has 2 aliphatic rings. The zero-order valence-electron chi connectivity index (χ0n) is 14.9. The van der Waals surface area contributed by atoms with E-state index in [1.54, 1.807) is 0 Å². The number of piperazine rings is 1. The van der Waals surface area contributed by atoms with E-state index in [0.717, 1.165) is 38.3 Å². The normalized spacial score (nSPS) is 21.2. The maximum absolute atomic E-state index is 12.3. The number of hydrogen-bond donors (Lipinski definition) is 2. The summed E-state index contributed by atoms with van der Waals surface area (Å²) in [7, 11) is 0. The number of amides is 1. The number of aliphatic hydroxyl groups is 1. The third-order valence-corrected chi connectivity index (χ3v) is 5.78. The van der Waals surface area contributed by atoms with Gasteiger partial charge in [-0.1, -0.05) is 25.2 Å². The summed E-state index contributed by atoms with van der Waals surface area (Å²) in [5, 5.41) is 12.3. The van der Waals surface area contributed by atoms with E-state index in [4.69, 9.17) is 5.11 Å². The molecule has 0 bridgehead atoms. The van der Waals surface area contributed by atoms with E-state index in [2.05, 4.69) is 33.9 Å². The Hall–Kier alpha value is -1.35. The van der Waals surface area contributed by atoms with Crippen LogP contribution in [0.4, 0.5) is 5.13 Å². The van der Waals surface area contributed by atoms with Crippen LogP contribution in [0.5, 0.6) is 0 Å². The fourth-order valence-electron chi connectivity index (χ4n) is 3.45. The van der Waals surface area contributed by atoms with E-state index >= 15 is 0 Å². The van der Waals surface area contributed by atoms with Crippen LogP contribution in [0.15, 0.2) is 0 Å². The molecule has 8 heteroatoms. The first kappa shape index (κ1) is 18.4. The standard InChI is InChI=1S/C17H26N4O3S/c1-17(2)9-12-15(13(23)10-17)25-16(18-12)19-14(24)11-21-5-3-20(4-6-21)7-8-22/h22H,3-11H2,1-2H3,(H,18,19,24). The van der Waals surface area contributed by atoms with Gasteiger partial charge in [0, 0.05) is 39.1 Å². The van der Waals surface area contributed by atoms with Crippen molar-refractivity contribution in [3.63, 3.8) is 0 Å². The minimum Gasteiger partial charge on any atom is -0.395 e. The van der Waals surface area contributed by atoms with Crippen molar-refractivity contribution >= 4 is 28.2 Å². The van der Waals surface area contributed by atoms with Gasteiger partial charge in [-0.3, -0.25) is 19.4 Å². The van der Waals surface area contributed by atoms with Crippen molar-refractivity contribution < 1.29 is 14.7 Å². The van der Waals surface area contributed by atoms with Gasteiger partial charge in [0.2, 0.25) is 5.91 Å². The number of rotatable bonds is 5. The van der Waals surface area contributed by atoms with Crippen molar-refractivity contribution in [1.82, 2.24) is 14.8 Å². The Labute approximate surface area is 152 Å². The summed E-state index contributed by atoms with van der Waals surface area (Å²) in [6.45, 7) is 8.69. The van der Waals surface area contributed by atoms with E-state index in [9.17, 15) is 9.59 Å². The molecule has 1 aromatic heterocycles. The minimum absolute atomic E-state index is 0.0618. The molecule has 0 unspecified atom stereocenters. The topological polar surface area (TPSA) is 85.8 Å². The van der Waals surface area contributed by atoms with Crippen LogP contribution < -0.4 is 5.32 Å². The molecule has 0 saturated carbocycles. The van der Waals surface area contributed by atoms with Crippen LogP contribution in [0.25, 0.3) is 0 Å². The lowest BCUT2D eigenvalue weighted by Crippen LogP contribution is -2.49. The highest BCUT2D eigenvalue weighted by Gasteiger charge is 2.34. The van der Waals surface area contributed by atoms with Gasteiger partial charge in [-0.2, -0.15) is 0 Å². The number of carbonyl (C=O) groups is 2. The van der Waals surface area contributed by atoms with Crippen LogP contribution in [0.3, 0.4) is 0 Å². The molecule has 7 nitrogen and oxygen atoms in total. The number of Topliss-reactive ketones (excluding diaryl/α,β-unsaturated/α-hetero) is 1. The smallest absolute Gasteiger partial charge is 0.240 e. The number of carbonyl (C=O) groups excluding carboxylic acids is 2. The Morgan fingerprint density at radius 3 is 2.60 bits per heavy atom. The average molecular weight is 366 g/mol. The first-order valence-corrected chi connectivity index (χ1v) is 9.56. The number of hydrogen-bond acceptors (Lipinski definition) is 7. The second-order valence-electron chi connectivity index (χ2n) is 7.63. The maximum atomic E-state index is 12.3. The molecule has 1 aliphatic carbocycles. The molecule has 1 saturated heterocycles. The number of fused-ring (bicyclic) bond motifs is 1. The fourth-order valence-corrected chi connectivity index (χ4v) is 4.38. The largest absolute Gasteiger partial charge is 0.395 e. The summed E-state index contributed by atoms with van der Waals surface area (Å²) in [6, 6.07) is 0. The highest BCUT2D eigenvalue weighted by Crippen LogP contribution is 2.38. The highest BCUT2D eigenvalue weighted by molar-refractivity contribution is 7.17. The third-order valence-electron chi connectivity index (χ3n) is 4.73. The van der Waals surface area contributed by atoms with Crippen LogP contribution in [-0.4, -0.2) is 77.5 Å². The Morgan fingerprint density at radius 1 is 1.24 bits per heavy atom. The summed E-state index contributed by atoms with van der Waals surface area (Å²) in [5.74, 6) is 0.0395. The Bertz CT molecular complexity index is 650. The monoisotopic (exact) mass is 366 g/mol. The molecule has 1 aliphatic heterocycles. The molecule has 0 atom stereocenters. The van der Waals surface area contributed by atoms with Gasteiger partial charge in [0.05, 0.1) is 23.7 Å². The molecule has 2 N–H and O–H groups in total. The lowest BCUT2D eigenvalue weighted by Gasteiger charge is -2.33. The van der Waals surface area contributed by atoms with Crippen molar-refractivity contribution in [2.45, 2.75) is 26.7 Å². The Morgan fingerprint density at radius 2 is 1.92 bits per heavy atom. The summed E-state index contributed by atoms with van der Waals surface area (Å²) < 4.78 is 0. The second kappa shape index (κ2) is 7.49. The number of aromatic nitrogens is 1. The van der Waals surface area contributed by atoms with Crippen LogP contribution in [0.2, 0.25) is 0 Å². The van der Waals surface area contributed by atoms with E-state index in [1.165, 1.54) is 11.3 Å². The summed E-state index contributed by atoms with van der Waals surface area (Å²) in [6.07, 6.45) is 1.31. The number of thiazole rings is 1. The van der Waals surface area contributed by atoms with Gasteiger partial charge in [0.1, 0.15) is 0 Å². The lowest BCUT2D eigenvalue weighted by molar-refractivity contribution is -0.117. The predicted octanol–water partition coefficient (Wildman–Crippen LogP) is 0.847. The van der Waals surface area contributed by atoms with Crippen molar-refractivity contribution in [2.75, 3.05) is 51.2 Å². The first-order valence-electron chi connectivity index (χ1n) is 8.75. The number of nitrogens with one attached hydrogen (secondary N) is 1. The minimum atomic E-state index is -0.0894. The molecule has 1 aromatic rings. The summed E-state index contributed by atoms with van der Waals surface area (Å²) >= 11 is 1.29. The zero-order chi connectivity index (χ0) is 18.0. The van der Waals surface area contributed by atoms with E-state index < -0.39 is 0 Å². The Balaban J connectivity index is 1.53. The van der Waals surface area contributed by atoms with E-state index in [1.807, 2.05) is 0 Å². The SMILES string of the molecule is CC1(C)CC(=O)c2sc(NC(=O)CN3CCN(CCO)CC3)nc2C1. The number of β-amino-alcohol motifs (C(OH)–C–C–N with tert-alkyl or cyclic N) is 1. The highest BCUT2D eigenvalue weighted by atomic mass is 32.1. The second-order valence-corrected chi connectivity index (χ2v) is 8.62. The molecule has 25 heavy (non-hydrogen) atoms. The Kier molecular flexibility index (Phi) is 5.52. The van der Waals surface area contributed by atoms with Gasteiger partial charge >= 0.3 is 0 Å². The van der Waals surface area contributed by atoms with Gasteiger partial charge in [-0.05, 0) is 11.8 Å². The van der Waals surface area contributed by atoms with Gasteiger partial charge in [0.25, 0.3) is 0 Å². The molecule has 0 aromatic carbocycles. The molecule has 1 amide bonds. The van der Waals surface area contributed by atoms with Crippen molar-refractivity contribution in [3.05, 3.63) is 10.6 Å². The molecule has 0 radical (unpaired) electrons. The zero-order valence-corrected chi connectivity index (χ0v) is 15.7. The molecule has 138 valence electrons. The number of anilines is 1. The van der Waals surface area contributed by atoms with Gasteiger partial charge in [-0.15, -0.1) is 0 Å². The average Bonchev–Trinajstić information content (AvgIpc) is 2.90. The quantitative estimate of drug-likeness (QED) is 0.803. The van der Waals surface area contributed by atoms with E-state index in [0.29, 0.717) is 29.5 Å². The van der Waals surface area contributed by atoms with E-state index in [-0.39, 0.29) is 23.7 Å². The molecule has 1 fully saturated rings. The number of ketones is 1. The lowest BCUT2D eigenvalue weighted by atomic mass is 9.78. The van der Waals surface area contributed by atoms with Crippen LogP contribution in [0.1, 0.15) is 35.6 Å². The van der Waals surface area contributed by atoms with Crippen molar-refractivity contribution in [1.29, 1.82) is 0 Å². The number of nitrogens with zero attached hydrogens (tertiary/aromatic N) is 3. The van der Waals surface area contributed by atoms with Crippen molar-refractivity contribution in [3.8, 4) is 0 Å². The molecular formula is C17H26N4O3S. The van der Waals surface area contributed by atoms with Gasteiger partial charge < -0.3 is 10.4 Å². The van der Waals surface area contributed by atoms with Crippen LogP contribution in [0, 0.1) is 5.41 Å². The predicted molar refractivity (Wildman–Crippen MR) is 97.1 cm³/mol. The molecule has 2 heterocycles. The number of aliphatic hydroxyl groups excluding tert-OH is 1. The van der Waals surface area contributed by atoms with Gasteiger partial charge in [-0.25, -0.2) is 4.98 Å². The molecule has 0 spiro atoms. The summed E-state index contributed by atoms with van der Waals surface area (Å²) in [4.78, 5) is 34.0. The first-order chi connectivity index (χ1) is 11.9. The maximum Gasteiger partial charge on any atom is 0.240 e. The summed E-state index contributed by atoms with van der Waals surface area (Å²) in [5.41, 5.74) is 0.757. The molecule has 3 rings (SSSR count).